The molecule has 0 bridgehead atoms. The van der Waals surface area contributed by atoms with Crippen LogP contribution in [0.15, 0.2) is 89.9 Å². The molecule has 3 aromatic carbocycles. The molecule has 0 heterocycles. The largest absolute Gasteiger partial charge is 0.495 e. The average molecular weight is 361 g/mol. The van der Waals surface area contributed by atoms with E-state index in [2.05, 4.69) is 15.6 Å². The minimum absolute atomic E-state index is 0.344. The summed E-state index contributed by atoms with van der Waals surface area (Å²) in [4.78, 5) is 4.58. The van der Waals surface area contributed by atoms with E-state index in [1.165, 1.54) is 0 Å². The van der Waals surface area contributed by atoms with Crippen molar-refractivity contribution in [3.63, 3.8) is 0 Å². The van der Waals surface area contributed by atoms with Gasteiger partial charge in [0, 0.05) is 11.3 Å². The first-order chi connectivity index (χ1) is 12.8. The number of hydrogen-bond donors (Lipinski definition) is 2. The summed E-state index contributed by atoms with van der Waals surface area (Å²) >= 11 is 5.44. The highest BCUT2D eigenvalue weighted by atomic mass is 32.1. The lowest BCUT2D eigenvalue weighted by molar-refractivity contribution is 0.417. The van der Waals surface area contributed by atoms with E-state index in [9.17, 15) is 0 Å². The maximum absolute atomic E-state index is 5.44. The van der Waals surface area contributed by atoms with Crippen LogP contribution in [0.25, 0.3) is 0 Å². The number of methoxy groups -OCH3 is 1. The molecule has 0 saturated carbocycles. The van der Waals surface area contributed by atoms with Gasteiger partial charge in [0.2, 0.25) is 0 Å². The van der Waals surface area contributed by atoms with Crippen molar-refractivity contribution in [1.82, 2.24) is 0 Å². The number of ether oxygens (including phenoxy) is 1. The van der Waals surface area contributed by atoms with Gasteiger partial charge in [0.25, 0.3) is 0 Å². The first-order valence-electron chi connectivity index (χ1n) is 8.16. The molecule has 0 saturated heterocycles. The number of nitrogens with zero attached hydrogens (tertiary/aromatic N) is 1. The Bertz CT molecular complexity index is 895. The topological polar surface area (TPSA) is 45.6 Å². The van der Waals surface area contributed by atoms with Crippen molar-refractivity contribution in [3.05, 3.63) is 90.5 Å². The molecule has 4 nitrogen and oxygen atoms in total. The van der Waals surface area contributed by atoms with Crippen LogP contribution in [-0.4, -0.2) is 18.1 Å². The molecule has 3 rings (SSSR count). The summed E-state index contributed by atoms with van der Waals surface area (Å²) in [7, 11) is 1.62. The predicted octanol–water partition coefficient (Wildman–Crippen LogP) is 4.95. The van der Waals surface area contributed by atoms with Crippen molar-refractivity contribution in [2.24, 2.45) is 4.99 Å². The fourth-order valence-electron chi connectivity index (χ4n) is 2.41. The second-order valence-electron chi connectivity index (χ2n) is 5.45. The van der Waals surface area contributed by atoms with Gasteiger partial charge in [0.15, 0.2) is 5.11 Å². The second-order valence-corrected chi connectivity index (χ2v) is 5.83. The molecule has 130 valence electrons. The first kappa shape index (κ1) is 17.6. The van der Waals surface area contributed by atoms with Crippen LogP contribution in [0.3, 0.4) is 0 Å². The molecule has 2 N–H and O–H groups in total. The quantitative estimate of drug-likeness (QED) is 0.392. The second kappa shape index (κ2) is 8.78. The zero-order chi connectivity index (χ0) is 18.2. The van der Waals surface area contributed by atoms with E-state index in [-0.39, 0.29) is 0 Å². The van der Waals surface area contributed by atoms with Crippen molar-refractivity contribution in [3.8, 4) is 5.75 Å². The van der Waals surface area contributed by atoms with Gasteiger partial charge < -0.3 is 15.4 Å². The third-order valence-electron chi connectivity index (χ3n) is 3.65. The monoisotopic (exact) mass is 361 g/mol. The minimum atomic E-state index is 0.344. The van der Waals surface area contributed by atoms with E-state index in [0.29, 0.717) is 16.7 Å². The number of para-hydroxylation sites is 3. The van der Waals surface area contributed by atoms with E-state index < -0.39 is 0 Å². The molecule has 0 amide bonds. The molecule has 5 heteroatoms. The van der Waals surface area contributed by atoms with E-state index in [1.54, 1.807) is 7.11 Å². The zero-order valence-corrected chi connectivity index (χ0v) is 15.2. The molecule has 0 fully saturated rings. The molecule has 0 aliphatic heterocycles. The number of aliphatic imine (C=N–C) groups is 1. The van der Waals surface area contributed by atoms with Crippen molar-refractivity contribution >= 4 is 34.5 Å². The van der Waals surface area contributed by atoms with Gasteiger partial charge in [-0.3, -0.25) is 0 Å². The van der Waals surface area contributed by atoms with Crippen LogP contribution in [0.1, 0.15) is 5.56 Å². The van der Waals surface area contributed by atoms with Gasteiger partial charge in [-0.05, 0) is 36.5 Å². The third kappa shape index (κ3) is 4.68. The molecule has 26 heavy (non-hydrogen) atoms. The molecule has 0 aliphatic rings. The van der Waals surface area contributed by atoms with Crippen LogP contribution in [0.5, 0.6) is 5.75 Å². The van der Waals surface area contributed by atoms with Crippen LogP contribution in [0, 0.1) is 0 Å². The standard InChI is InChI=1S/C21H19N3OS/c1-25-19-15-9-8-14-18(19)23-21(26)24-20(16-10-4-2-5-11-16)22-17-12-6-3-7-13-17/h2-15H,1H3,(H2,22,23,24,26). The molecule has 0 aromatic heterocycles. The number of hydrogen-bond acceptors (Lipinski definition) is 2. The number of anilines is 2. The van der Waals surface area contributed by atoms with Crippen LogP contribution in [-0.2, 0) is 0 Å². The summed E-state index contributed by atoms with van der Waals surface area (Å²) < 4.78 is 5.35. The highest BCUT2D eigenvalue weighted by Crippen LogP contribution is 2.23. The van der Waals surface area contributed by atoms with Crippen molar-refractivity contribution in [2.45, 2.75) is 0 Å². The smallest absolute Gasteiger partial charge is 0.199 e. The molecule has 0 spiro atoms. The Hall–Kier alpha value is -3.18. The summed E-state index contributed by atoms with van der Waals surface area (Å²) in [6, 6.07) is 27.3. The van der Waals surface area contributed by atoms with Crippen LogP contribution in [0.2, 0.25) is 0 Å². The van der Waals surface area contributed by atoms with E-state index in [1.807, 2.05) is 84.9 Å². The summed E-state index contributed by atoms with van der Waals surface area (Å²) in [5.41, 5.74) is 2.66. The lowest BCUT2D eigenvalue weighted by atomic mass is 10.2. The molecular formula is C21H19N3OS. The SMILES string of the molecule is COc1ccccc1NC(=S)/N=C(\Nc1ccccc1)c1ccccc1. The average Bonchev–Trinajstić information content (AvgIpc) is 2.69. The summed E-state index contributed by atoms with van der Waals surface area (Å²) in [5, 5.41) is 6.80. The fourth-order valence-corrected chi connectivity index (χ4v) is 2.61. The lowest BCUT2D eigenvalue weighted by Crippen LogP contribution is -2.18. The normalized spacial score (nSPS) is 10.9. The van der Waals surface area contributed by atoms with Gasteiger partial charge in [0.05, 0.1) is 12.8 Å². The summed E-state index contributed by atoms with van der Waals surface area (Å²) in [6.07, 6.45) is 0. The predicted molar refractivity (Wildman–Crippen MR) is 112 cm³/mol. The number of amidine groups is 1. The van der Waals surface area contributed by atoms with Crippen LogP contribution < -0.4 is 15.4 Å². The Morgan fingerprint density at radius 2 is 1.42 bits per heavy atom. The van der Waals surface area contributed by atoms with E-state index >= 15 is 0 Å². The van der Waals surface area contributed by atoms with Crippen molar-refractivity contribution in [1.29, 1.82) is 0 Å². The Balaban J connectivity index is 1.87. The Morgan fingerprint density at radius 1 is 0.808 bits per heavy atom. The lowest BCUT2D eigenvalue weighted by Gasteiger charge is -2.13. The van der Waals surface area contributed by atoms with Gasteiger partial charge in [-0.2, -0.15) is 0 Å². The molecule has 0 aliphatic carbocycles. The molecule has 3 aromatic rings. The highest BCUT2D eigenvalue weighted by Gasteiger charge is 2.07. The third-order valence-corrected chi connectivity index (χ3v) is 3.84. The molecule has 0 unspecified atom stereocenters. The number of thiocarbonyl (C=S) groups is 1. The summed E-state index contributed by atoms with van der Waals surface area (Å²) in [5.74, 6) is 1.38. The van der Waals surface area contributed by atoms with Gasteiger partial charge in [-0.15, -0.1) is 0 Å². The number of nitrogens with one attached hydrogen (secondary N) is 2. The Morgan fingerprint density at radius 3 is 2.12 bits per heavy atom. The highest BCUT2D eigenvalue weighted by molar-refractivity contribution is 7.80. The number of benzene rings is 3. The van der Waals surface area contributed by atoms with Gasteiger partial charge in [0.1, 0.15) is 11.6 Å². The molecule has 0 radical (unpaired) electrons. The first-order valence-corrected chi connectivity index (χ1v) is 8.57. The fraction of sp³-hybridized carbons (Fsp3) is 0.0476. The molecular weight excluding hydrogens is 342 g/mol. The Labute approximate surface area is 158 Å². The zero-order valence-electron chi connectivity index (χ0n) is 14.3. The van der Waals surface area contributed by atoms with Crippen molar-refractivity contribution < 1.29 is 4.74 Å². The minimum Gasteiger partial charge on any atom is -0.495 e. The van der Waals surface area contributed by atoms with Crippen molar-refractivity contribution in [2.75, 3.05) is 17.7 Å². The van der Waals surface area contributed by atoms with E-state index in [4.69, 9.17) is 17.0 Å². The summed E-state index contributed by atoms with van der Waals surface area (Å²) in [6.45, 7) is 0. The van der Waals surface area contributed by atoms with Crippen LogP contribution in [0.4, 0.5) is 11.4 Å². The maximum atomic E-state index is 5.44. The number of rotatable bonds is 4. The molecule has 0 atom stereocenters. The van der Waals surface area contributed by atoms with Gasteiger partial charge >= 0.3 is 0 Å². The van der Waals surface area contributed by atoms with Gasteiger partial charge in [-0.25, -0.2) is 4.99 Å². The van der Waals surface area contributed by atoms with Gasteiger partial charge in [-0.1, -0.05) is 60.7 Å². The van der Waals surface area contributed by atoms with Crippen LogP contribution >= 0.6 is 12.2 Å². The maximum Gasteiger partial charge on any atom is 0.199 e. The Kier molecular flexibility index (Phi) is 5.96. The van der Waals surface area contributed by atoms with E-state index in [0.717, 1.165) is 16.9 Å².